The van der Waals surface area contributed by atoms with E-state index in [-0.39, 0.29) is 0 Å². The summed E-state index contributed by atoms with van der Waals surface area (Å²) in [5, 5.41) is 0.804. The Hall–Kier alpha value is -1.06. The molecule has 4 heteroatoms. The van der Waals surface area contributed by atoms with Gasteiger partial charge in [-0.3, -0.25) is 4.31 Å². The van der Waals surface area contributed by atoms with Crippen LogP contribution in [-0.4, -0.2) is 6.54 Å². The second-order valence-electron chi connectivity index (χ2n) is 3.67. The molecular formula is C15H21ClN2S. The van der Waals surface area contributed by atoms with Crippen LogP contribution in [0.25, 0.3) is 0 Å². The Bertz CT molecular complexity index is 444. The first kappa shape index (κ1) is 16.0. The summed E-state index contributed by atoms with van der Waals surface area (Å²) < 4.78 is 5.47. The van der Waals surface area contributed by atoms with E-state index in [0.29, 0.717) is 0 Å². The van der Waals surface area contributed by atoms with Gasteiger partial charge in [-0.05, 0) is 24.6 Å². The van der Waals surface area contributed by atoms with Gasteiger partial charge in [0.15, 0.2) is 0 Å². The molecule has 1 heterocycles. The van der Waals surface area contributed by atoms with E-state index in [1.165, 1.54) is 11.4 Å². The van der Waals surface area contributed by atoms with Crippen LogP contribution in [0, 0.1) is 0 Å². The third-order valence-electron chi connectivity index (χ3n) is 2.39. The minimum Gasteiger partial charge on any atom is -0.310 e. The molecule has 19 heavy (non-hydrogen) atoms. The fourth-order valence-electron chi connectivity index (χ4n) is 1.59. The van der Waals surface area contributed by atoms with Crippen molar-refractivity contribution in [2.45, 2.75) is 27.2 Å². The fraction of sp³-hybridized carbons (Fsp3) is 0.333. The van der Waals surface area contributed by atoms with Crippen LogP contribution in [0.3, 0.4) is 0 Å². The summed E-state index contributed by atoms with van der Waals surface area (Å²) in [6.45, 7) is 6.91. The number of hydrogen-bond acceptors (Lipinski definition) is 3. The van der Waals surface area contributed by atoms with Gasteiger partial charge in [-0.2, -0.15) is 0 Å². The van der Waals surface area contributed by atoms with Crippen molar-refractivity contribution in [3.63, 3.8) is 0 Å². The molecule has 104 valence electrons. The molecule has 0 bridgehead atoms. The molecule has 0 radical (unpaired) electrons. The van der Waals surface area contributed by atoms with Gasteiger partial charge in [-0.25, -0.2) is 0 Å². The second kappa shape index (κ2) is 8.94. The number of anilines is 2. The van der Waals surface area contributed by atoms with Crippen molar-refractivity contribution in [1.29, 1.82) is 0 Å². The highest BCUT2D eigenvalue weighted by Crippen LogP contribution is 2.38. The fourth-order valence-corrected chi connectivity index (χ4v) is 2.63. The lowest BCUT2D eigenvalue weighted by molar-refractivity contribution is 1.21. The Morgan fingerprint density at radius 2 is 2.11 bits per heavy atom. The van der Waals surface area contributed by atoms with Gasteiger partial charge in [0.2, 0.25) is 0 Å². The lowest BCUT2D eigenvalue weighted by Gasteiger charge is -2.12. The molecule has 0 fully saturated rings. The van der Waals surface area contributed by atoms with Gasteiger partial charge in [0.05, 0.1) is 23.5 Å². The zero-order chi connectivity index (χ0) is 14.1. The smallest absolute Gasteiger partial charge is 0.0730 e. The molecule has 0 aliphatic carbocycles. The Balaban J connectivity index is 0.000000861. The number of nitrogens with zero attached hydrogens (tertiary/aromatic N) is 1. The minimum absolute atomic E-state index is 0.804. The zero-order valence-corrected chi connectivity index (χ0v) is 13.3. The summed E-state index contributed by atoms with van der Waals surface area (Å²) in [7, 11) is 0. The number of allylic oxidation sites excluding steroid dienone is 3. The van der Waals surface area contributed by atoms with Gasteiger partial charge < -0.3 is 4.72 Å². The van der Waals surface area contributed by atoms with Gasteiger partial charge in [-0.15, -0.1) is 0 Å². The van der Waals surface area contributed by atoms with E-state index in [2.05, 4.69) is 34.2 Å². The molecule has 0 unspecified atom stereocenters. The van der Waals surface area contributed by atoms with Crippen LogP contribution in [0.5, 0.6) is 0 Å². The summed E-state index contributed by atoms with van der Waals surface area (Å²) in [4.78, 5) is 0. The maximum absolute atomic E-state index is 6.00. The summed E-state index contributed by atoms with van der Waals surface area (Å²) in [5.74, 6) is 0. The summed E-state index contributed by atoms with van der Waals surface area (Å²) >= 11 is 7.61. The maximum Gasteiger partial charge on any atom is 0.0730 e. The lowest BCUT2D eigenvalue weighted by Crippen LogP contribution is -2.10. The summed E-state index contributed by atoms with van der Waals surface area (Å²) in [5.41, 5.74) is 2.39. The zero-order valence-electron chi connectivity index (χ0n) is 11.7. The molecule has 2 nitrogen and oxygen atoms in total. The molecule has 2 rings (SSSR count). The third kappa shape index (κ3) is 4.84. The standard InChI is InChI=1S/C13H15ClN2S.C2H6/c1-2-6-11(14)7-5-10-16-13-9-4-3-8-12(13)15-17-16;1-2/h3-9,15H,2,10H2,1H3;1-2H3/b7-5-,11-6+;. The van der Waals surface area contributed by atoms with Gasteiger partial charge in [0.1, 0.15) is 0 Å². The van der Waals surface area contributed by atoms with Crippen LogP contribution in [0.1, 0.15) is 27.2 Å². The van der Waals surface area contributed by atoms with E-state index in [4.69, 9.17) is 11.6 Å². The molecule has 0 saturated heterocycles. The van der Waals surface area contributed by atoms with Crippen molar-refractivity contribution < 1.29 is 0 Å². The number of hydrogen-bond donors (Lipinski definition) is 1. The number of benzene rings is 1. The highest BCUT2D eigenvalue weighted by molar-refractivity contribution is 8.02. The molecule has 1 aliphatic rings. The highest BCUT2D eigenvalue weighted by atomic mass is 35.5. The molecule has 0 amide bonds. The topological polar surface area (TPSA) is 15.3 Å². The predicted octanol–water partition coefficient (Wildman–Crippen LogP) is 5.60. The molecule has 1 N–H and O–H groups in total. The van der Waals surface area contributed by atoms with E-state index in [1.807, 2.05) is 38.1 Å². The quantitative estimate of drug-likeness (QED) is 0.575. The molecule has 0 atom stereocenters. The molecule has 1 aromatic carbocycles. The van der Waals surface area contributed by atoms with Crippen LogP contribution in [-0.2, 0) is 0 Å². The van der Waals surface area contributed by atoms with Crippen LogP contribution in [0.2, 0.25) is 0 Å². The van der Waals surface area contributed by atoms with Crippen molar-refractivity contribution in [2.24, 2.45) is 0 Å². The van der Waals surface area contributed by atoms with Gasteiger partial charge in [0.25, 0.3) is 0 Å². The minimum atomic E-state index is 0.804. The lowest BCUT2D eigenvalue weighted by atomic mass is 10.2. The Kier molecular flexibility index (Phi) is 7.53. The molecule has 1 aliphatic heterocycles. The number of rotatable bonds is 4. The number of fused-ring (bicyclic) bond motifs is 1. The number of halogens is 1. The van der Waals surface area contributed by atoms with Crippen molar-refractivity contribution >= 4 is 35.1 Å². The highest BCUT2D eigenvalue weighted by Gasteiger charge is 2.17. The first-order valence-corrected chi connectivity index (χ1v) is 7.78. The molecule has 0 aromatic heterocycles. The summed E-state index contributed by atoms with van der Waals surface area (Å²) in [6.07, 6.45) is 6.99. The summed E-state index contributed by atoms with van der Waals surface area (Å²) in [6, 6.07) is 8.27. The largest absolute Gasteiger partial charge is 0.310 e. The molecule has 0 spiro atoms. The average Bonchev–Trinajstić information content (AvgIpc) is 2.85. The second-order valence-corrected chi connectivity index (χ2v) is 4.94. The van der Waals surface area contributed by atoms with Crippen LogP contribution < -0.4 is 9.03 Å². The molecule has 0 saturated carbocycles. The SMILES string of the molecule is CC.CC/C=C(Cl)\C=C/CN1SNc2ccccc21. The molecular weight excluding hydrogens is 276 g/mol. The molecule has 1 aromatic rings. The van der Waals surface area contributed by atoms with Crippen LogP contribution in [0.15, 0.2) is 47.5 Å². The number of nitrogens with one attached hydrogen (secondary N) is 1. The van der Waals surface area contributed by atoms with E-state index in [9.17, 15) is 0 Å². The van der Waals surface area contributed by atoms with Gasteiger partial charge >= 0.3 is 0 Å². The van der Waals surface area contributed by atoms with Crippen molar-refractivity contribution in [2.75, 3.05) is 15.6 Å². The van der Waals surface area contributed by atoms with E-state index in [0.717, 1.165) is 18.0 Å². The normalized spacial score (nSPS) is 13.9. The first-order valence-electron chi connectivity index (χ1n) is 6.63. The van der Waals surface area contributed by atoms with Crippen molar-refractivity contribution in [3.05, 3.63) is 47.5 Å². The van der Waals surface area contributed by atoms with Crippen LogP contribution in [0.4, 0.5) is 11.4 Å². The monoisotopic (exact) mass is 296 g/mol. The average molecular weight is 297 g/mol. The van der Waals surface area contributed by atoms with Gasteiger partial charge in [-0.1, -0.05) is 56.7 Å². The Morgan fingerprint density at radius 3 is 2.84 bits per heavy atom. The maximum atomic E-state index is 6.00. The Labute approximate surface area is 125 Å². The van der Waals surface area contributed by atoms with E-state index < -0.39 is 0 Å². The first-order chi connectivity index (χ1) is 9.31. The number of para-hydroxylation sites is 2. The van der Waals surface area contributed by atoms with E-state index >= 15 is 0 Å². The Morgan fingerprint density at radius 1 is 1.37 bits per heavy atom. The van der Waals surface area contributed by atoms with Crippen molar-refractivity contribution in [1.82, 2.24) is 0 Å². The van der Waals surface area contributed by atoms with Gasteiger partial charge in [0, 0.05) is 11.6 Å². The third-order valence-corrected chi connectivity index (χ3v) is 3.54. The van der Waals surface area contributed by atoms with Crippen LogP contribution >= 0.6 is 23.7 Å². The predicted molar refractivity (Wildman–Crippen MR) is 89.7 cm³/mol. The van der Waals surface area contributed by atoms with E-state index in [1.54, 1.807) is 12.1 Å². The van der Waals surface area contributed by atoms with Crippen molar-refractivity contribution in [3.8, 4) is 0 Å².